The van der Waals surface area contributed by atoms with Crippen LogP contribution in [0, 0.1) is 20.8 Å². The van der Waals surface area contributed by atoms with Crippen molar-refractivity contribution < 1.29 is 9.13 Å². The van der Waals surface area contributed by atoms with Crippen LogP contribution in [0.5, 0.6) is 0 Å². The Hall–Kier alpha value is -2.48. The molecule has 0 unspecified atom stereocenters. The number of hydrogen-bond donors (Lipinski definition) is 0. The number of aryl methyl sites for hydroxylation is 4. The van der Waals surface area contributed by atoms with Crippen LogP contribution >= 0.6 is 0 Å². The first-order valence-corrected chi connectivity index (χ1v) is 8.00. The minimum atomic E-state index is 1.22. The molecule has 0 atom stereocenters. The summed E-state index contributed by atoms with van der Waals surface area (Å²) in [6, 6.07) is 17.5. The van der Waals surface area contributed by atoms with Gasteiger partial charge in [0.1, 0.15) is 14.1 Å². The average Bonchev–Trinajstić information content (AvgIpc) is 2.51. The standard InChI is InChI=1S/C21H24N2/c1-15-9-10-18(17(3)13-15)19-7-6-8-20(23(19)5)21-14-16(2)11-12-22(21)4/h6-14H,1-5H3/q+2. The maximum Gasteiger partial charge on any atom is 0.277 e. The molecule has 3 rings (SSSR count). The molecule has 3 aromatic rings. The summed E-state index contributed by atoms with van der Waals surface area (Å²) in [5.74, 6) is 0. The lowest BCUT2D eigenvalue weighted by atomic mass is 10.0. The Morgan fingerprint density at radius 3 is 2.13 bits per heavy atom. The Balaban J connectivity index is 2.21. The highest BCUT2D eigenvalue weighted by Crippen LogP contribution is 2.23. The maximum atomic E-state index is 2.28. The van der Waals surface area contributed by atoms with E-state index in [1.807, 2.05) is 0 Å². The Bertz CT molecular complexity index is 879. The predicted octanol–water partition coefficient (Wildman–Crippen LogP) is 3.59. The molecule has 116 valence electrons. The summed E-state index contributed by atoms with van der Waals surface area (Å²) in [7, 11) is 4.24. The summed E-state index contributed by atoms with van der Waals surface area (Å²) in [6.45, 7) is 6.46. The Labute approximate surface area is 138 Å². The fraction of sp³-hybridized carbons (Fsp3) is 0.238. The number of nitrogens with zero attached hydrogens (tertiary/aromatic N) is 2. The molecule has 2 heterocycles. The fourth-order valence-corrected chi connectivity index (χ4v) is 3.14. The van der Waals surface area contributed by atoms with Gasteiger partial charge in [0, 0.05) is 29.8 Å². The molecule has 23 heavy (non-hydrogen) atoms. The second-order valence-corrected chi connectivity index (χ2v) is 6.37. The third-order valence-electron chi connectivity index (χ3n) is 4.46. The Morgan fingerprint density at radius 1 is 0.696 bits per heavy atom. The lowest BCUT2D eigenvalue weighted by Crippen LogP contribution is -2.40. The van der Waals surface area contributed by atoms with Crippen LogP contribution in [0.3, 0.4) is 0 Å². The van der Waals surface area contributed by atoms with E-state index in [1.54, 1.807) is 0 Å². The van der Waals surface area contributed by atoms with Gasteiger partial charge in [0.2, 0.25) is 5.69 Å². The van der Waals surface area contributed by atoms with Gasteiger partial charge < -0.3 is 0 Å². The molecule has 0 amide bonds. The van der Waals surface area contributed by atoms with Gasteiger partial charge in [-0.05, 0) is 44.0 Å². The molecular formula is C21H24N2+2. The van der Waals surface area contributed by atoms with Gasteiger partial charge in [-0.15, -0.1) is 0 Å². The van der Waals surface area contributed by atoms with Crippen molar-refractivity contribution in [1.82, 2.24) is 0 Å². The largest absolute Gasteiger partial charge is 0.277 e. The Kier molecular flexibility index (Phi) is 3.99. The summed E-state index contributed by atoms with van der Waals surface area (Å²) >= 11 is 0. The average molecular weight is 304 g/mol. The van der Waals surface area contributed by atoms with E-state index in [-0.39, 0.29) is 0 Å². The lowest BCUT2D eigenvalue weighted by molar-refractivity contribution is -0.685. The van der Waals surface area contributed by atoms with Crippen molar-refractivity contribution in [3.63, 3.8) is 0 Å². The van der Waals surface area contributed by atoms with Crippen molar-refractivity contribution >= 4 is 0 Å². The molecule has 0 aliphatic rings. The molecule has 0 spiro atoms. The SMILES string of the molecule is Cc1ccc(-c2cccc(-c3cc(C)cc[n+]3C)[n+]2C)c(C)c1. The van der Waals surface area contributed by atoms with E-state index in [0.29, 0.717) is 0 Å². The molecule has 1 aromatic carbocycles. The van der Waals surface area contributed by atoms with Gasteiger partial charge in [0.15, 0.2) is 6.20 Å². The van der Waals surface area contributed by atoms with Crippen LogP contribution in [0.25, 0.3) is 22.6 Å². The van der Waals surface area contributed by atoms with E-state index >= 15 is 0 Å². The summed E-state index contributed by atoms with van der Waals surface area (Å²) in [6.07, 6.45) is 2.12. The summed E-state index contributed by atoms with van der Waals surface area (Å²) in [5.41, 5.74) is 8.85. The number of benzene rings is 1. The summed E-state index contributed by atoms with van der Waals surface area (Å²) < 4.78 is 4.46. The number of aromatic nitrogens is 2. The van der Waals surface area contributed by atoms with Crippen LogP contribution in [0.4, 0.5) is 0 Å². The van der Waals surface area contributed by atoms with Crippen LogP contribution < -0.4 is 9.13 Å². The lowest BCUT2D eigenvalue weighted by Gasteiger charge is -2.08. The third kappa shape index (κ3) is 2.89. The van der Waals surface area contributed by atoms with Gasteiger partial charge in [-0.2, -0.15) is 9.13 Å². The smallest absolute Gasteiger partial charge is 0.196 e. The first-order chi connectivity index (χ1) is 11.0. The van der Waals surface area contributed by atoms with E-state index in [0.717, 1.165) is 0 Å². The van der Waals surface area contributed by atoms with E-state index < -0.39 is 0 Å². The predicted molar refractivity (Wildman–Crippen MR) is 93.9 cm³/mol. The first-order valence-electron chi connectivity index (χ1n) is 8.00. The monoisotopic (exact) mass is 304 g/mol. The molecule has 0 aliphatic heterocycles. The van der Waals surface area contributed by atoms with Crippen molar-refractivity contribution in [3.8, 4) is 22.6 Å². The van der Waals surface area contributed by atoms with Gasteiger partial charge in [0.25, 0.3) is 11.4 Å². The molecule has 2 heteroatoms. The third-order valence-corrected chi connectivity index (χ3v) is 4.46. The molecule has 0 saturated heterocycles. The van der Waals surface area contributed by atoms with Gasteiger partial charge in [-0.3, -0.25) is 0 Å². The zero-order chi connectivity index (χ0) is 16.6. The second-order valence-electron chi connectivity index (χ2n) is 6.37. The van der Waals surface area contributed by atoms with E-state index in [1.165, 1.54) is 39.3 Å². The van der Waals surface area contributed by atoms with Gasteiger partial charge >= 0.3 is 0 Å². The molecule has 2 nitrogen and oxygen atoms in total. The van der Waals surface area contributed by atoms with Crippen LogP contribution in [0.15, 0.2) is 54.7 Å². The van der Waals surface area contributed by atoms with Crippen molar-refractivity contribution in [2.75, 3.05) is 0 Å². The number of rotatable bonds is 2. The van der Waals surface area contributed by atoms with Crippen LogP contribution in [-0.4, -0.2) is 0 Å². The van der Waals surface area contributed by atoms with Gasteiger partial charge in [-0.1, -0.05) is 17.7 Å². The van der Waals surface area contributed by atoms with Crippen LogP contribution in [-0.2, 0) is 14.1 Å². The van der Waals surface area contributed by atoms with Crippen LogP contribution in [0.1, 0.15) is 16.7 Å². The zero-order valence-electron chi connectivity index (χ0n) is 14.6. The highest BCUT2D eigenvalue weighted by molar-refractivity contribution is 5.63. The summed E-state index contributed by atoms with van der Waals surface area (Å²) in [5, 5.41) is 0. The Morgan fingerprint density at radius 2 is 1.39 bits per heavy atom. The minimum Gasteiger partial charge on any atom is -0.196 e. The molecule has 0 radical (unpaired) electrons. The van der Waals surface area contributed by atoms with Crippen molar-refractivity contribution in [3.05, 3.63) is 71.4 Å². The molecule has 0 aliphatic carbocycles. The molecule has 0 N–H and O–H groups in total. The van der Waals surface area contributed by atoms with Crippen LogP contribution in [0.2, 0.25) is 0 Å². The topological polar surface area (TPSA) is 7.76 Å². The molecular weight excluding hydrogens is 280 g/mol. The molecule has 0 saturated carbocycles. The summed E-state index contributed by atoms with van der Waals surface area (Å²) in [4.78, 5) is 0. The highest BCUT2D eigenvalue weighted by atomic mass is 15.0. The first kappa shape index (κ1) is 15.4. The molecule has 0 bridgehead atoms. The minimum absolute atomic E-state index is 1.22. The number of pyridine rings is 2. The maximum absolute atomic E-state index is 2.28. The highest BCUT2D eigenvalue weighted by Gasteiger charge is 2.23. The molecule has 2 aromatic heterocycles. The normalized spacial score (nSPS) is 10.8. The number of hydrogen-bond acceptors (Lipinski definition) is 0. The second kappa shape index (κ2) is 5.96. The zero-order valence-corrected chi connectivity index (χ0v) is 14.6. The quantitative estimate of drug-likeness (QED) is 0.639. The van der Waals surface area contributed by atoms with Crippen molar-refractivity contribution in [2.24, 2.45) is 14.1 Å². The van der Waals surface area contributed by atoms with E-state index in [4.69, 9.17) is 0 Å². The van der Waals surface area contributed by atoms with Gasteiger partial charge in [-0.25, -0.2) is 0 Å². The molecule has 0 fully saturated rings. The fourth-order valence-electron chi connectivity index (χ4n) is 3.14. The van der Waals surface area contributed by atoms with Crippen molar-refractivity contribution in [2.45, 2.75) is 20.8 Å². The van der Waals surface area contributed by atoms with Gasteiger partial charge in [0.05, 0.1) is 0 Å². The van der Waals surface area contributed by atoms with E-state index in [9.17, 15) is 0 Å². The van der Waals surface area contributed by atoms with E-state index in [2.05, 4.69) is 98.7 Å². The van der Waals surface area contributed by atoms with Crippen molar-refractivity contribution in [1.29, 1.82) is 0 Å².